The van der Waals surface area contributed by atoms with Gasteiger partial charge in [0.05, 0.1) is 18.1 Å². The van der Waals surface area contributed by atoms with E-state index in [0.29, 0.717) is 0 Å². The van der Waals surface area contributed by atoms with Crippen LogP contribution in [0.25, 0.3) is 10.8 Å². The summed E-state index contributed by atoms with van der Waals surface area (Å²) in [5, 5.41) is 1.94. The number of benzene rings is 3. The quantitative estimate of drug-likeness (QED) is 0.695. The molecule has 0 radical (unpaired) electrons. The minimum atomic E-state index is -3.57. The summed E-state index contributed by atoms with van der Waals surface area (Å²) in [5.41, 5.74) is 2.14. The van der Waals surface area contributed by atoms with Crippen molar-refractivity contribution in [1.82, 2.24) is 9.62 Å². The molecule has 0 atom stereocenters. The molecule has 146 valence electrons. The summed E-state index contributed by atoms with van der Waals surface area (Å²) in [4.78, 5) is 2.64. The van der Waals surface area contributed by atoms with E-state index >= 15 is 0 Å². The predicted molar refractivity (Wildman–Crippen MR) is 111 cm³/mol. The second kappa shape index (κ2) is 8.41. The highest BCUT2D eigenvalue weighted by molar-refractivity contribution is 7.89. The van der Waals surface area contributed by atoms with Crippen molar-refractivity contribution in [3.05, 3.63) is 77.9 Å². The maximum atomic E-state index is 12.7. The van der Waals surface area contributed by atoms with Crippen LogP contribution in [0.5, 0.6) is 0 Å². The molecule has 1 heterocycles. The van der Waals surface area contributed by atoms with Crippen molar-refractivity contribution in [2.24, 2.45) is 0 Å². The molecule has 1 aliphatic rings. The van der Waals surface area contributed by atoms with Gasteiger partial charge in [-0.25, -0.2) is 13.1 Å². The van der Waals surface area contributed by atoms with Gasteiger partial charge in [-0.2, -0.15) is 0 Å². The Morgan fingerprint density at radius 2 is 1.61 bits per heavy atom. The smallest absolute Gasteiger partial charge is 0.240 e. The lowest BCUT2D eigenvalue weighted by atomic mass is 10.1. The monoisotopic (exact) mass is 396 g/mol. The molecule has 0 aromatic heterocycles. The highest BCUT2D eigenvalue weighted by atomic mass is 32.2. The molecule has 3 aromatic rings. The Bertz CT molecular complexity index is 1060. The molecule has 0 spiro atoms. The van der Waals surface area contributed by atoms with Crippen molar-refractivity contribution in [3.63, 3.8) is 0 Å². The minimum absolute atomic E-state index is 0.270. The van der Waals surface area contributed by atoms with E-state index in [1.165, 1.54) is 5.56 Å². The van der Waals surface area contributed by atoms with Crippen LogP contribution in [-0.4, -0.2) is 39.6 Å². The first-order valence-corrected chi connectivity index (χ1v) is 10.9. The summed E-state index contributed by atoms with van der Waals surface area (Å²) >= 11 is 0. The lowest BCUT2D eigenvalue weighted by Gasteiger charge is -2.26. The fourth-order valence-corrected chi connectivity index (χ4v) is 4.50. The lowest BCUT2D eigenvalue weighted by Crippen LogP contribution is -2.35. The van der Waals surface area contributed by atoms with E-state index in [9.17, 15) is 8.42 Å². The first kappa shape index (κ1) is 19.1. The molecule has 6 heteroatoms. The number of hydrogen-bond donors (Lipinski definition) is 1. The van der Waals surface area contributed by atoms with E-state index in [4.69, 9.17) is 4.74 Å². The zero-order valence-corrected chi connectivity index (χ0v) is 16.5. The molecule has 5 nitrogen and oxygen atoms in total. The fraction of sp³-hybridized carbons (Fsp3) is 0.273. The van der Waals surface area contributed by atoms with Gasteiger partial charge in [0.15, 0.2) is 0 Å². The van der Waals surface area contributed by atoms with Crippen molar-refractivity contribution in [2.75, 3.05) is 26.3 Å². The number of rotatable bonds is 6. The summed E-state index contributed by atoms with van der Waals surface area (Å²) < 4.78 is 33.5. The van der Waals surface area contributed by atoms with E-state index < -0.39 is 10.0 Å². The Balaban J connectivity index is 1.44. The summed E-state index contributed by atoms with van der Waals surface area (Å²) in [6.07, 6.45) is 0. The zero-order chi connectivity index (χ0) is 19.4. The summed E-state index contributed by atoms with van der Waals surface area (Å²) in [7, 11) is -3.57. The van der Waals surface area contributed by atoms with Gasteiger partial charge in [-0.05, 0) is 34.0 Å². The first-order valence-electron chi connectivity index (χ1n) is 9.47. The number of fused-ring (bicyclic) bond motifs is 1. The minimum Gasteiger partial charge on any atom is -0.379 e. The highest BCUT2D eigenvalue weighted by Gasteiger charge is 2.15. The van der Waals surface area contributed by atoms with Crippen LogP contribution in [0.1, 0.15) is 11.1 Å². The van der Waals surface area contributed by atoms with Gasteiger partial charge < -0.3 is 4.74 Å². The lowest BCUT2D eigenvalue weighted by molar-refractivity contribution is 0.0342. The average Bonchev–Trinajstić information content (AvgIpc) is 2.73. The highest BCUT2D eigenvalue weighted by Crippen LogP contribution is 2.19. The van der Waals surface area contributed by atoms with Crippen molar-refractivity contribution < 1.29 is 13.2 Å². The molecule has 28 heavy (non-hydrogen) atoms. The van der Waals surface area contributed by atoms with Crippen molar-refractivity contribution in [1.29, 1.82) is 0 Å². The van der Waals surface area contributed by atoms with Crippen LogP contribution >= 0.6 is 0 Å². The molecule has 0 amide bonds. The zero-order valence-electron chi connectivity index (χ0n) is 15.7. The van der Waals surface area contributed by atoms with Crippen LogP contribution in [0.4, 0.5) is 0 Å². The standard InChI is InChI=1S/C22H24N2O3S/c25-28(26,22-9-8-20-6-1-2-7-21(20)15-22)23-16-18-4-3-5-19(14-18)17-24-10-12-27-13-11-24/h1-9,14-15,23H,10-13,16-17H2. The first-order chi connectivity index (χ1) is 13.6. The van der Waals surface area contributed by atoms with Gasteiger partial charge in [0.1, 0.15) is 0 Å². The third-order valence-electron chi connectivity index (χ3n) is 5.00. The van der Waals surface area contributed by atoms with E-state index in [-0.39, 0.29) is 11.4 Å². The largest absolute Gasteiger partial charge is 0.379 e. The average molecular weight is 397 g/mol. The van der Waals surface area contributed by atoms with E-state index in [0.717, 1.165) is 49.2 Å². The number of hydrogen-bond acceptors (Lipinski definition) is 4. The maximum absolute atomic E-state index is 12.7. The SMILES string of the molecule is O=S(=O)(NCc1cccc(CN2CCOCC2)c1)c1ccc2ccccc2c1. The molecule has 0 unspecified atom stereocenters. The van der Waals surface area contributed by atoms with Crippen LogP contribution in [0.2, 0.25) is 0 Å². The normalized spacial score (nSPS) is 15.7. The molecule has 0 bridgehead atoms. The van der Waals surface area contributed by atoms with Crippen molar-refractivity contribution in [2.45, 2.75) is 18.0 Å². The van der Waals surface area contributed by atoms with E-state index in [1.54, 1.807) is 12.1 Å². The van der Waals surface area contributed by atoms with Crippen molar-refractivity contribution >= 4 is 20.8 Å². The van der Waals surface area contributed by atoms with Crippen molar-refractivity contribution in [3.8, 4) is 0 Å². The summed E-state index contributed by atoms with van der Waals surface area (Å²) in [5.74, 6) is 0. The Morgan fingerprint density at radius 1 is 0.857 bits per heavy atom. The van der Waals surface area contributed by atoms with Gasteiger partial charge in [0.25, 0.3) is 0 Å². The van der Waals surface area contributed by atoms with Gasteiger partial charge in [0.2, 0.25) is 10.0 Å². The van der Waals surface area contributed by atoms with Gasteiger partial charge in [-0.1, -0.05) is 54.6 Å². The van der Waals surface area contributed by atoms with Crippen LogP contribution in [-0.2, 0) is 27.8 Å². The van der Waals surface area contributed by atoms with E-state index in [1.807, 2.05) is 42.5 Å². The van der Waals surface area contributed by atoms with E-state index in [2.05, 4.69) is 21.8 Å². The molecule has 0 saturated carbocycles. The van der Waals surface area contributed by atoms with Crippen LogP contribution < -0.4 is 4.72 Å². The Hall–Kier alpha value is -2.25. The van der Waals surface area contributed by atoms with Crippen LogP contribution in [0, 0.1) is 0 Å². The molecule has 1 fully saturated rings. The Kier molecular flexibility index (Phi) is 5.73. The van der Waals surface area contributed by atoms with Crippen LogP contribution in [0.3, 0.4) is 0 Å². The van der Waals surface area contributed by atoms with Crippen LogP contribution in [0.15, 0.2) is 71.6 Å². The third kappa shape index (κ3) is 4.59. The number of sulfonamides is 1. The second-order valence-electron chi connectivity index (χ2n) is 7.04. The van der Waals surface area contributed by atoms with Gasteiger partial charge in [0, 0.05) is 26.2 Å². The molecular weight excluding hydrogens is 372 g/mol. The summed E-state index contributed by atoms with van der Waals surface area (Å²) in [6, 6.07) is 21.0. The molecule has 1 aliphatic heterocycles. The molecular formula is C22H24N2O3S. The summed E-state index contributed by atoms with van der Waals surface area (Å²) in [6.45, 7) is 4.52. The molecule has 4 rings (SSSR count). The molecule has 3 aromatic carbocycles. The topological polar surface area (TPSA) is 58.6 Å². The number of ether oxygens (including phenoxy) is 1. The second-order valence-corrected chi connectivity index (χ2v) is 8.81. The molecule has 1 saturated heterocycles. The Labute approximate surface area is 166 Å². The maximum Gasteiger partial charge on any atom is 0.240 e. The van der Waals surface area contributed by atoms with Gasteiger partial charge >= 0.3 is 0 Å². The number of morpholine rings is 1. The predicted octanol–water partition coefficient (Wildman–Crippen LogP) is 3.15. The van der Waals surface area contributed by atoms with Gasteiger partial charge in [-0.15, -0.1) is 0 Å². The number of nitrogens with one attached hydrogen (secondary N) is 1. The Morgan fingerprint density at radius 3 is 2.43 bits per heavy atom. The third-order valence-corrected chi connectivity index (χ3v) is 6.40. The molecule has 0 aliphatic carbocycles. The van der Waals surface area contributed by atoms with Gasteiger partial charge in [-0.3, -0.25) is 4.90 Å². The molecule has 1 N–H and O–H groups in total. The fourth-order valence-electron chi connectivity index (χ4n) is 3.45. The number of nitrogens with zero attached hydrogens (tertiary/aromatic N) is 1.